The molecular formula is C22H35N3O3. The topological polar surface area (TPSA) is 61.9 Å². The Morgan fingerprint density at radius 1 is 1.14 bits per heavy atom. The third kappa shape index (κ3) is 5.63. The molecule has 1 aromatic rings. The van der Waals surface area contributed by atoms with Crippen LogP contribution in [0.1, 0.15) is 58.9 Å². The third-order valence-corrected chi connectivity index (χ3v) is 5.36. The molecule has 1 aromatic carbocycles. The fourth-order valence-electron chi connectivity index (χ4n) is 3.54. The van der Waals surface area contributed by atoms with Crippen LogP contribution in [0, 0.1) is 0 Å². The van der Waals surface area contributed by atoms with Crippen molar-refractivity contribution in [3.05, 3.63) is 29.8 Å². The highest BCUT2D eigenvalue weighted by Gasteiger charge is 2.27. The van der Waals surface area contributed by atoms with Crippen molar-refractivity contribution >= 4 is 11.9 Å². The van der Waals surface area contributed by atoms with Gasteiger partial charge in [-0.1, -0.05) is 32.0 Å². The van der Waals surface area contributed by atoms with E-state index in [1.165, 1.54) is 0 Å². The lowest BCUT2D eigenvalue weighted by molar-refractivity contribution is -0.128. The molecule has 1 aliphatic heterocycles. The normalized spacial score (nSPS) is 16.0. The average Bonchev–Trinajstić information content (AvgIpc) is 2.69. The van der Waals surface area contributed by atoms with Crippen molar-refractivity contribution in [1.29, 1.82) is 0 Å². The summed E-state index contributed by atoms with van der Waals surface area (Å²) in [7, 11) is 0. The summed E-state index contributed by atoms with van der Waals surface area (Å²) in [6.07, 6.45) is 0.984. The first-order valence-corrected chi connectivity index (χ1v) is 10.5. The molecule has 0 saturated carbocycles. The number of urea groups is 1. The minimum absolute atomic E-state index is 0.0830. The lowest BCUT2D eigenvalue weighted by atomic mass is 10.0. The summed E-state index contributed by atoms with van der Waals surface area (Å²) in [6, 6.07) is 8.04. The van der Waals surface area contributed by atoms with Gasteiger partial charge in [0.15, 0.2) is 6.10 Å². The fraction of sp³-hybridized carbons (Fsp3) is 0.636. The predicted molar refractivity (Wildman–Crippen MR) is 112 cm³/mol. The van der Waals surface area contributed by atoms with Gasteiger partial charge in [0.1, 0.15) is 5.75 Å². The van der Waals surface area contributed by atoms with Crippen molar-refractivity contribution < 1.29 is 14.3 Å². The zero-order valence-corrected chi connectivity index (χ0v) is 17.9. The minimum atomic E-state index is -0.560. The van der Waals surface area contributed by atoms with Gasteiger partial charge in [-0.05, 0) is 51.2 Å². The summed E-state index contributed by atoms with van der Waals surface area (Å²) >= 11 is 0. The van der Waals surface area contributed by atoms with Crippen molar-refractivity contribution in [3.8, 4) is 5.75 Å². The molecule has 1 aliphatic rings. The van der Waals surface area contributed by atoms with E-state index in [0.29, 0.717) is 19.0 Å². The lowest BCUT2D eigenvalue weighted by Gasteiger charge is -2.35. The van der Waals surface area contributed by atoms with Gasteiger partial charge in [-0.15, -0.1) is 0 Å². The maximum absolute atomic E-state index is 12.6. The molecule has 3 amide bonds. The van der Waals surface area contributed by atoms with Crippen LogP contribution < -0.4 is 10.1 Å². The number of carbonyl (C=O) groups excluding carboxylic acids is 2. The molecule has 0 radical (unpaired) electrons. The van der Waals surface area contributed by atoms with E-state index in [2.05, 4.69) is 19.2 Å². The van der Waals surface area contributed by atoms with E-state index in [-0.39, 0.29) is 18.0 Å². The highest BCUT2D eigenvalue weighted by atomic mass is 16.5. The van der Waals surface area contributed by atoms with E-state index in [0.717, 1.165) is 37.2 Å². The van der Waals surface area contributed by atoms with Gasteiger partial charge in [-0.2, -0.15) is 0 Å². The number of amides is 3. The molecule has 1 atom stereocenters. The Balaban J connectivity index is 1.85. The molecule has 2 rings (SSSR count). The van der Waals surface area contributed by atoms with Crippen LogP contribution in [0.2, 0.25) is 0 Å². The first kappa shape index (κ1) is 22.1. The number of carbonyl (C=O) groups is 2. The van der Waals surface area contributed by atoms with Crippen molar-refractivity contribution in [2.45, 2.75) is 65.5 Å². The molecule has 156 valence electrons. The van der Waals surface area contributed by atoms with Crippen LogP contribution in [0.25, 0.3) is 0 Å². The van der Waals surface area contributed by atoms with Gasteiger partial charge < -0.3 is 19.9 Å². The van der Waals surface area contributed by atoms with Gasteiger partial charge in [-0.3, -0.25) is 4.79 Å². The summed E-state index contributed by atoms with van der Waals surface area (Å²) < 4.78 is 5.95. The summed E-state index contributed by atoms with van der Waals surface area (Å²) in [4.78, 5) is 28.7. The van der Waals surface area contributed by atoms with E-state index in [1.807, 2.05) is 47.9 Å². The highest BCUT2D eigenvalue weighted by molar-refractivity contribution is 5.81. The Bertz CT molecular complexity index is 650. The molecule has 0 aromatic heterocycles. The maximum Gasteiger partial charge on any atom is 0.319 e. The number of piperidine rings is 1. The van der Waals surface area contributed by atoms with Gasteiger partial charge in [0.05, 0.1) is 0 Å². The van der Waals surface area contributed by atoms with Gasteiger partial charge in [0.2, 0.25) is 0 Å². The van der Waals surface area contributed by atoms with E-state index < -0.39 is 6.10 Å². The largest absolute Gasteiger partial charge is 0.481 e. The molecule has 1 unspecified atom stereocenters. The van der Waals surface area contributed by atoms with Crippen LogP contribution >= 0.6 is 0 Å². The number of benzene rings is 1. The summed E-state index contributed by atoms with van der Waals surface area (Å²) in [6.45, 7) is 12.8. The maximum atomic E-state index is 12.6. The number of ether oxygens (including phenoxy) is 1. The van der Waals surface area contributed by atoms with Gasteiger partial charge in [0, 0.05) is 32.2 Å². The number of hydrogen-bond donors (Lipinski definition) is 1. The molecule has 1 N–H and O–H groups in total. The highest BCUT2D eigenvalue weighted by Crippen LogP contribution is 2.26. The van der Waals surface area contributed by atoms with Crippen molar-refractivity contribution in [2.75, 3.05) is 26.2 Å². The van der Waals surface area contributed by atoms with Crippen molar-refractivity contribution in [1.82, 2.24) is 15.1 Å². The smallest absolute Gasteiger partial charge is 0.319 e. The predicted octanol–water partition coefficient (Wildman–Crippen LogP) is 3.62. The van der Waals surface area contributed by atoms with Crippen LogP contribution in [0.4, 0.5) is 4.79 Å². The molecule has 6 nitrogen and oxygen atoms in total. The first-order valence-electron chi connectivity index (χ1n) is 10.5. The Morgan fingerprint density at radius 2 is 1.75 bits per heavy atom. The number of rotatable bonds is 7. The molecule has 28 heavy (non-hydrogen) atoms. The number of likely N-dealkylation sites (tertiary alicyclic amines) is 1. The van der Waals surface area contributed by atoms with Crippen LogP contribution in [0.5, 0.6) is 5.75 Å². The Morgan fingerprint density at radius 3 is 2.32 bits per heavy atom. The zero-order chi connectivity index (χ0) is 20.7. The second-order valence-corrected chi connectivity index (χ2v) is 7.68. The van der Waals surface area contributed by atoms with Crippen LogP contribution in [-0.4, -0.2) is 60.1 Å². The number of hydrogen-bond acceptors (Lipinski definition) is 3. The van der Waals surface area contributed by atoms with E-state index >= 15 is 0 Å². The first-order chi connectivity index (χ1) is 13.4. The molecule has 1 heterocycles. The van der Waals surface area contributed by atoms with Crippen LogP contribution in [0.3, 0.4) is 0 Å². The fourth-order valence-corrected chi connectivity index (χ4v) is 3.54. The molecule has 0 bridgehead atoms. The lowest BCUT2D eigenvalue weighted by Crippen LogP contribution is -2.52. The van der Waals surface area contributed by atoms with Crippen LogP contribution in [-0.2, 0) is 4.79 Å². The van der Waals surface area contributed by atoms with Gasteiger partial charge >= 0.3 is 6.03 Å². The molecule has 1 fully saturated rings. The van der Waals surface area contributed by atoms with Crippen molar-refractivity contribution in [2.24, 2.45) is 0 Å². The van der Waals surface area contributed by atoms with Crippen molar-refractivity contribution in [3.63, 3.8) is 0 Å². The molecule has 0 spiro atoms. The SMILES string of the molecule is CCN(CC)C(=O)N1CCC(NC(=O)C(C)Oc2ccccc2C(C)C)CC1. The Labute approximate surface area is 169 Å². The monoisotopic (exact) mass is 389 g/mol. The second-order valence-electron chi connectivity index (χ2n) is 7.68. The second kappa shape index (κ2) is 10.3. The standard InChI is InChI=1S/C22H35N3O3/c1-6-24(7-2)22(27)25-14-12-18(13-15-25)23-21(26)17(5)28-20-11-9-8-10-19(20)16(3)4/h8-11,16-18H,6-7,12-15H2,1-5H3,(H,23,26). The quantitative estimate of drug-likeness (QED) is 0.775. The van der Waals surface area contributed by atoms with Gasteiger partial charge in [-0.25, -0.2) is 4.79 Å². The van der Waals surface area contributed by atoms with Crippen LogP contribution in [0.15, 0.2) is 24.3 Å². The van der Waals surface area contributed by atoms with Gasteiger partial charge in [0.25, 0.3) is 5.91 Å². The summed E-state index contributed by atoms with van der Waals surface area (Å²) in [5.41, 5.74) is 1.10. The van der Waals surface area contributed by atoms with E-state index in [1.54, 1.807) is 6.92 Å². The Hall–Kier alpha value is -2.24. The zero-order valence-electron chi connectivity index (χ0n) is 17.9. The third-order valence-electron chi connectivity index (χ3n) is 5.36. The molecule has 6 heteroatoms. The van der Waals surface area contributed by atoms with E-state index in [4.69, 9.17) is 4.74 Å². The molecular weight excluding hydrogens is 354 g/mol. The molecule has 0 aliphatic carbocycles. The average molecular weight is 390 g/mol. The number of nitrogens with one attached hydrogen (secondary N) is 1. The minimum Gasteiger partial charge on any atom is -0.481 e. The molecule has 1 saturated heterocycles. The number of nitrogens with zero attached hydrogens (tertiary/aromatic N) is 2. The number of para-hydroxylation sites is 1. The summed E-state index contributed by atoms with van der Waals surface area (Å²) in [5.74, 6) is 0.992. The summed E-state index contributed by atoms with van der Waals surface area (Å²) in [5, 5.41) is 3.09. The van der Waals surface area contributed by atoms with E-state index in [9.17, 15) is 9.59 Å². The Kier molecular flexibility index (Phi) is 8.15.